The Hall–Kier alpha value is -2.19. The fourth-order valence-electron chi connectivity index (χ4n) is 2.30. The molecule has 0 spiro atoms. The molecule has 2 aromatic rings. The van der Waals surface area contributed by atoms with E-state index in [1.165, 1.54) is 12.1 Å². The van der Waals surface area contributed by atoms with Crippen LogP contribution in [-0.2, 0) is 0 Å². The van der Waals surface area contributed by atoms with Crippen molar-refractivity contribution in [3.63, 3.8) is 0 Å². The number of aromatic carboxylic acids is 1. The number of carbonyl (C=O) groups excluding carboxylic acids is 3. The molecule has 2 aromatic carbocycles. The van der Waals surface area contributed by atoms with E-state index in [1.54, 1.807) is 12.1 Å². The molecule has 0 aliphatic carbocycles. The van der Waals surface area contributed by atoms with Crippen LogP contribution in [0.5, 0.6) is 0 Å². The van der Waals surface area contributed by atoms with Crippen molar-refractivity contribution >= 4 is 61.0 Å². The first kappa shape index (κ1) is 15.7. The molecular weight excluding hydrogens is 432 g/mol. The normalized spacial score (nSPS) is 13.4. The minimum Gasteiger partial charge on any atom is -0.545 e. The van der Waals surface area contributed by atoms with Crippen molar-refractivity contribution in [1.82, 2.24) is 0 Å². The minimum absolute atomic E-state index is 0.0285. The quantitative estimate of drug-likeness (QED) is 0.570. The van der Waals surface area contributed by atoms with Gasteiger partial charge < -0.3 is 15.6 Å². The number of imide groups is 1. The van der Waals surface area contributed by atoms with Crippen molar-refractivity contribution in [1.29, 1.82) is 0 Å². The Balaban J connectivity index is 2.12. The monoisotopic (exact) mass is 437 g/mol. The van der Waals surface area contributed by atoms with Gasteiger partial charge in [-0.1, -0.05) is 6.07 Å². The number of carboxylic acids is 1. The highest BCUT2D eigenvalue weighted by Crippen LogP contribution is 2.36. The van der Waals surface area contributed by atoms with Crippen molar-refractivity contribution < 1.29 is 19.5 Å². The van der Waals surface area contributed by atoms with E-state index in [2.05, 4.69) is 31.9 Å². The molecule has 1 heterocycles. The van der Waals surface area contributed by atoms with Gasteiger partial charge in [0.1, 0.15) is 0 Å². The van der Waals surface area contributed by atoms with Crippen LogP contribution in [0.15, 0.2) is 39.3 Å². The van der Waals surface area contributed by atoms with Crippen LogP contribution in [0.4, 0.5) is 11.4 Å². The molecule has 0 unspecified atom stereocenters. The van der Waals surface area contributed by atoms with Gasteiger partial charge >= 0.3 is 0 Å². The zero-order valence-electron chi connectivity index (χ0n) is 11.3. The van der Waals surface area contributed by atoms with Crippen molar-refractivity contribution in [3.8, 4) is 0 Å². The second-order valence-electron chi connectivity index (χ2n) is 4.82. The predicted molar refractivity (Wildman–Crippen MR) is 88.2 cm³/mol. The first-order chi connectivity index (χ1) is 10.8. The third-order valence-electron chi connectivity index (χ3n) is 3.44. The maximum absolute atomic E-state index is 12.5. The number of hydrogen-bond acceptors (Lipinski definition) is 5. The highest BCUT2D eigenvalue weighted by molar-refractivity contribution is 9.11. The van der Waals surface area contributed by atoms with E-state index in [9.17, 15) is 19.5 Å². The molecule has 0 fully saturated rings. The lowest BCUT2D eigenvalue weighted by Gasteiger charge is -2.15. The van der Waals surface area contributed by atoms with Gasteiger partial charge in [0.25, 0.3) is 11.8 Å². The number of fused-ring (bicyclic) bond motifs is 1. The Labute approximate surface area is 147 Å². The van der Waals surface area contributed by atoms with Gasteiger partial charge in [-0.2, -0.15) is 0 Å². The van der Waals surface area contributed by atoms with E-state index in [0.29, 0.717) is 20.3 Å². The van der Waals surface area contributed by atoms with Crippen LogP contribution in [0.1, 0.15) is 31.1 Å². The molecule has 116 valence electrons. The number of amides is 2. The molecule has 0 atom stereocenters. The first-order valence-electron chi connectivity index (χ1n) is 6.30. The molecule has 23 heavy (non-hydrogen) atoms. The average molecular weight is 439 g/mol. The van der Waals surface area contributed by atoms with Gasteiger partial charge in [-0.3, -0.25) is 9.59 Å². The standard InChI is InChI=1S/C15H8Br2N2O4/c16-10-4-7(5-11(17)12(10)18)19-13(20)8-2-1-6(15(22)23)3-9(8)14(19)21/h1-5H,18H2,(H,22,23)/p-1. The number of nitrogens with zero attached hydrogens (tertiary/aromatic N) is 1. The average Bonchev–Trinajstić information content (AvgIpc) is 2.75. The Kier molecular flexibility index (Phi) is 3.73. The zero-order chi connectivity index (χ0) is 16.9. The third-order valence-corrected chi connectivity index (χ3v) is 4.76. The Morgan fingerprint density at radius 1 is 1.00 bits per heavy atom. The number of halogens is 2. The molecule has 8 heteroatoms. The summed E-state index contributed by atoms with van der Waals surface area (Å²) in [5.41, 5.74) is 6.57. The lowest BCUT2D eigenvalue weighted by molar-refractivity contribution is -0.255. The SMILES string of the molecule is Nc1c(Br)cc(N2C(=O)c3ccc(C(=O)[O-])cc3C2=O)cc1Br. The van der Waals surface area contributed by atoms with Gasteiger partial charge in [-0.25, -0.2) is 4.90 Å². The number of nitrogen functional groups attached to an aromatic ring is 1. The molecule has 0 bridgehead atoms. The molecule has 0 saturated carbocycles. The highest BCUT2D eigenvalue weighted by Gasteiger charge is 2.37. The third kappa shape index (κ3) is 2.43. The maximum Gasteiger partial charge on any atom is 0.266 e. The topological polar surface area (TPSA) is 104 Å². The van der Waals surface area contributed by atoms with Gasteiger partial charge in [0.2, 0.25) is 0 Å². The van der Waals surface area contributed by atoms with Gasteiger partial charge in [-0.15, -0.1) is 0 Å². The first-order valence-corrected chi connectivity index (χ1v) is 7.88. The lowest BCUT2D eigenvalue weighted by Crippen LogP contribution is -2.29. The number of nitrogens with two attached hydrogens (primary N) is 1. The number of anilines is 2. The Bertz CT molecular complexity index is 872. The summed E-state index contributed by atoms with van der Waals surface area (Å²) in [6.07, 6.45) is 0. The largest absolute Gasteiger partial charge is 0.545 e. The summed E-state index contributed by atoms with van der Waals surface area (Å²) in [6.45, 7) is 0. The van der Waals surface area contributed by atoms with Crippen molar-refractivity contribution in [2.75, 3.05) is 10.6 Å². The van der Waals surface area contributed by atoms with Crippen molar-refractivity contribution in [3.05, 3.63) is 56.0 Å². The van der Waals surface area contributed by atoms with Crippen LogP contribution in [0, 0.1) is 0 Å². The number of carbonyl (C=O) groups is 3. The summed E-state index contributed by atoms with van der Waals surface area (Å²) in [5.74, 6) is -2.54. The Morgan fingerprint density at radius 3 is 2.13 bits per heavy atom. The van der Waals surface area contributed by atoms with Gasteiger partial charge in [0.05, 0.1) is 28.5 Å². The molecule has 1 aliphatic heterocycles. The fourth-order valence-corrected chi connectivity index (χ4v) is 3.46. The van der Waals surface area contributed by atoms with Crippen LogP contribution in [-0.4, -0.2) is 17.8 Å². The second kappa shape index (κ2) is 5.47. The molecule has 0 saturated heterocycles. The fraction of sp³-hybridized carbons (Fsp3) is 0. The number of benzene rings is 2. The van der Waals surface area contributed by atoms with Crippen LogP contribution in [0.2, 0.25) is 0 Å². The summed E-state index contributed by atoms with van der Waals surface area (Å²) in [4.78, 5) is 36.9. The van der Waals surface area contributed by atoms with E-state index < -0.39 is 17.8 Å². The van der Waals surface area contributed by atoms with Crippen LogP contribution in [0.3, 0.4) is 0 Å². The molecule has 0 radical (unpaired) electrons. The van der Waals surface area contributed by atoms with Crippen LogP contribution >= 0.6 is 31.9 Å². The van der Waals surface area contributed by atoms with Gasteiger partial charge in [0.15, 0.2) is 0 Å². The van der Waals surface area contributed by atoms with Gasteiger partial charge in [-0.05, 0) is 61.7 Å². The molecule has 0 aromatic heterocycles. The summed E-state index contributed by atoms with van der Waals surface area (Å²) in [6, 6.07) is 6.77. The molecular formula is C15H7Br2N2O4-. The predicted octanol–water partition coefficient (Wildman–Crippen LogP) is 1.96. The van der Waals surface area contributed by atoms with Crippen molar-refractivity contribution in [2.24, 2.45) is 0 Å². The van der Waals surface area contributed by atoms with E-state index in [0.717, 1.165) is 11.0 Å². The van der Waals surface area contributed by atoms with Crippen LogP contribution in [0.25, 0.3) is 0 Å². The summed E-state index contributed by atoms with van der Waals surface area (Å²) in [7, 11) is 0. The van der Waals surface area contributed by atoms with E-state index in [4.69, 9.17) is 5.73 Å². The smallest absolute Gasteiger partial charge is 0.266 e. The van der Waals surface area contributed by atoms with E-state index in [-0.39, 0.29) is 16.7 Å². The zero-order valence-corrected chi connectivity index (χ0v) is 14.5. The van der Waals surface area contributed by atoms with E-state index in [1.807, 2.05) is 0 Å². The summed E-state index contributed by atoms with van der Waals surface area (Å²) < 4.78 is 1.04. The second-order valence-corrected chi connectivity index (χ2v) is 6.53. The number of rotatable bonds is 2. The minimum atomic E-state index is -1.41. The number of carboxylic acid groups (broad SMARTS) is 1. The molecule has 3 rings (SSSR count). The highest BCUT2D eigenvalue weighted by atomic mass is 79.9. The lowest BCUT2D eigenvalue weighted by atomic mass is 10.1. The molecule has 1 aliphatic rings. The molecule has 6 nitrogen and oxygen atoms in total. The van der Waals surface area contributed by atoms with Crippen LogP contribution < -0.4 is 15.7 Å². The number of hydrogen-bond donors (Lipinski definition) is 1. The Morgan fingerprint density at radius 2 is 1.57 bits per heavy atom. The molecule has 2 N–H and O–H groups in total. The maximum atomic E-state index is 12.5. The van der Waals surface area contributed by atoms with E-state index >= 15 is 0 Å². The summed E-state index contributed by atoms with van der Waals surface area (Å²) in [5, 5.41) is 10.9. The van der Waals surface area contributed by atoms with Gasteiger partial charge in [0, 0.05) is 8.95 Å². The molecule has 2 amide bonds. The summed E-state index contributed by atoms with van der Waals surface area (Å²) >= 11 is 6.52. The van der Waals surface area contributed by atoms with Crippen molar-refractivity contribution in [2.45, 2.75) is 0 Å².